The average Bonchev–Trinajstić information content (AvgIpc) is 3.37. The summed E-state index contributed by atoms with van der Waals surface area (Å²) in [5.41, 5.74) is 3.91. The second-order valence-corrected chi connectivity index (χ2v) is 10.5. The molecule has 0 unspecified atom stereocenters. The van der Waals surface area contributed by atoms with Crippen molar-refractivity contribution in [2.75, 3.05) is 0 Å². The van der Waals surface area contributed by atoms with Crippen molar-refractivity contribution in [3.05, 3.63) is 76.3 Å². The predicted octanol–water partition coefficient (Wildman–Crippen LogP) is 5.89. The summed E-state index contributed by atoms with van der Waals surface area (Å²) in [5, 5.41) is 3.93. The highest BCUT2D eigenvalue weighted by atomic mass is 32.2. The van der Waals surface area contributed by atoms with Crippen LogP contribution in [0.3, 0.4) is 0 Å². The summed E-state index contributed by atoms with van der Waals surface area (Å²) in [6, 6.07) is 15.9. The monoisotopic (exact) mass is 501 g/mol. The van der Waals surface area contributed by atoms with Crippen molar-refractivity contribution in [1.82, 2.24) is 14.8 Å². The number of aryl methyl sites for hydroxylation is 1. The van der Waals surface area contributed by atoms with Gasteiger partial charge in [-0.2, -0.15) is 0 Å². The van der Waals surface area contributed by atoms with Gasteiger partial charge in [-0.25, -0.2) is 0 Å². The van der Waals surface area contributed by atoms with Gasteiger partial charge in [0.05, 0.1) is 17.0 Å². The Hall–Kier alpha value is -3.32. The van der Waals surface area contributed by atoms with Gasteiger partial charge in [-0.3, -0.25) is 19.3 Å². The number of imide groups is 1. The number of rotatable bonds is 7. The van der Waals surface area contributed by atoms with Crippen molar-refractivity contribution in [2.45, 2.75) is 64.6 Å². The van der Waals surface area contributed by atoms with Crippen molar-refractivity contribution < 1.29 is 14.4 Å². The summed E-state index contributed by atoms with van der Waals surface area (Å²) in [7, 11) is 0. The number of fused-ring (bicyclic) bond motifs is 1. The molecule has 1 N–H and O–H groups in total. The summed E-state index contributed by atoms with van der Waals surface area (Å²) < 4.78 is 1.99. The zero-order valence-electron chi connectivity index (χ0n) is 20.5. The maximum atomic E-state index is 13.1. The van der Waals surface area contributed by atoms with Gasteiger partial charge >= 0.3 is 0 Å². The first-order valence-corrected chi connectivity index (χ1v) is 13.5. The van der Waals surface area contributed by atoms with E-state index in [-0.39, 0.29) is 36.2 Å². The largest absolute Gasteiger partial charge is 0.352 e. The van der Waals surface area contributed by atoms with Crippen LogP contribution in [0.5, 0.6) is 0 Å². The van der Waals surface area contributed by atoms with Crippen LogP contribution >= 0.6 is 11.8 Å². The van der Waals surface area contributed by atoms with E-state index in [1.807, 2.05) is 53.2 Å². The van der Waals surface area contributed by atoms with E-state index in [1.165, 1.54) is 24.2 Å². The molecule has 2 aliphatic rings. The van der Waals surface area contributed by atoms with Gasteiger partial charge in [0.1, 0.15) is 6.54 Å². The number of nitrogens with zero attached hydrogens (tertiary/aromatic N) is 2. The Labute approximate surface area is 215 Å². The molecule has 5 rings (SSSR count). The molecule has 186 valence electrons. The third-order valence-corrected chi connectivity index (χ3v) is 7.93. The summed E-state index contributed by atoms with van der Waals surface area (Å²) in [6.45, 7) is 2.59. The van der Waals surface area contributed by atoms with Crippen molar-refractivity contribution in [2.24, 2.45) is 0 Å². The van der Waals surface area contributed by atoms with E-state index in [4.69, 9.17) is 0 Å². The Morgan fingerprint density at radius 3 is 2.58 bits per heavy atom. The molecule has 6 nitrogen and oxygen atoms in total. The van der Waals surface area contributed by atoms with E-state index in [0.29, 0.717) is 4.91 Å². The van der Waals surface area contributed by atoms with Crippen LogP contribution in [0.2, 0.25) is 0 Å². The zero-order chi connectivity index (χ0) is 25.1. The summed E-state index contributed by atoms with van der Waals surface area (Å²) >= 11 is 0.971. The molecule has 0 bridgehead atoms. The number of carbonyl (C=O) groups is 3. The van der Waals surface area contributed by atoms with Crippen molar-refractivity contribution in [3.63, 3.8) is 0 Å². The molecule has 0 radical (unpaired) electrons. The van der Waals surface area contributed by atoms with Gasteiger partial charge in [-0.15, -0.1) is 0 Å². The molecule has 7 heteroatoms. The number of hydrogen-bond acceptors (Lipinski definition) is 4. The van der Waals surface area contributed by atoms with Gasteiger partial charge in [-0.1, -0.05) is 74.7 Å². The Morgan fingerprint density at radius 2 is 1.83 bits per heavy atom. The first kappa shape index (κ1) is 24.4. The standard InChI is InChI=1S/C29H31N3O3S/c1-2-21-12-9-15-24-22(18-31(27(21)24)19-26(33)30-23-13-7-4-8-14-23)16-25-28(34)32(29(35)36-25)17-20-10-5-3-6-11-20/h3,5-6,9-12,15-16,18,23H,2,4,7-8,13-14,17,19H2,1H3,(H,30,33)/b25-16-. The third kappa shape index (κ3) is 5.12. The van der Waals surface area contributed by atoms with E-state index in [0.717, 1.165) is 58.6 Å². The normalized spacial score (nSPS) is 17.9. The fourth-order valence-corrected chi connectivity index (χ4v) is 6.04. The van der Waals surface area contributed by atoms with Crippen molar-refractivity contribution >= 4 is 45.8 Å². The molecule has 2 aromatic carbocycles. The lowest BCUT2D eigenvalue weighted by Gasteiger charge is -2.23. The van der Waals surface area contributed by atoms with Crippen LogP contribution in [0.25, 0.3) is 17.0 Å². The van der Waals surface area contributed by atoms with E-state index >= 15 is 0 Å². The number of hydrogen-bond donors (Lipinski definition) is 1. The topological polar surface area (TPSA) is 71.4 Å². The fourth-order valence-electron chi connectivity index (χ4n) is 5.21. The molecule has 1 aliphatic carbocycles. The molecule has 1 aliphatic heterocycles. The van der Waals surface area contributed by atoms with Gasteiger partial charge in [-0.05, 0) is 48.2 Å². The molecule has 1 saturated heterocycles. The Bertz CT molecular complexity index is 1320. The summed E-state index contributed by atoms with van der Waals surface area (Å²) in [6.07, 6.45) is 10.2. The van der Waals surface area contributed by atoms with Crippen LogP contribution < -0.4 is 5.32 Å². The Morgan fingerprint density at radius 1 is 1.06 bits per heavy atom. The maximum Gasteiger partial charge on any atom is 0.293 e. The fraction of sp³-hybridized carbons (Fsp3) is 0.345. The minimum Gasteiger partial charge on any atom is -0.352 e. The number of carbonyl (C=O) groups excluding carboxylic acids is 3. The second-order valence-electron chi connectivity index (χ2n) is 9.54. The van der Waals surface area contributed by atoms with Crippen LogP contribution in [0.1, 0.15) is 55.7 Å². The first-order chi connectivity index (χ1) is 17.5. The number of nitrogens with one attached hydrogen (secondary N) is 1. The van der Waals surface area contributed by atoms with Crippen LogP contribution in [0.15, 0.2) is 59.6 Å². The van der Waals surface area contributed by atoms with E-state index in [9.17, 15) is 14.4 Å². The number of amides is 3. The summed E-state index contributed by atoms with van der Waals surface area (Å²) in [5.74, 6) is -0.268. The van der Waals surface area contributed by atoms with Gasteiger partial charge in [0, 0.05) is 23.2 Å². The molecule has 2 heterocycles. The van der Waals surface area contributed by atoms with Crippen LogP contribution in [-0.4, -0.2) is 32.6 Å². The number of para-hydroxylation sites is 1. The van der Waals surface area contributed by atoms with Gasteiger partial charge in [0.25, 0.3) is 11.1 Å². The third-order valence-electron chi connectivity index (χ3n) is 7.02. The first-order valence-electron chi connectivity index (χ1n) is 12.7. The number of benzene rings is 2. The smallest absolute Gasteiger partial charge is 0.293 e. The minimum absolute atomic E-state index is 0.0134. The maximum absolute atomic E-state index is 13.1. The molecular formula is C29H31N3O3S. The lowest BCUT2D eigenvalue weighted by molar-refractivity contribution is -0.123. The lowest BCUT2D eigenvalue weighted by atomic mass is 9.95. The van der Waals surface area contributed by atoms with E-state index < -0.39 is 0 Å². The average molecular weight is 502 g/mol. The quantitative estimate of drug-likeness (QED) is 0.410. The van der Waals surface area contributed by atoms with Gasteiger partial charge in [0.15, 0.2) is 0 Å². The van der Waals surface area contributed by atoms with Crippen molar-refractivity contribution in [1.29, 1.82) is 0 Å². The molecular weight excluding hydrogens is 470 g/mol. The van der Waals surface area contributed by atoms with Gasteiger partial charge in [0.2, 0.25) is 5.91 Å². The molecule has 1 aromatic heterocycles. The number of aromatic nitrogens is 1. The zero-order valence-corrected chi connectivity index (χ0v) is 21.4. The molecule has 36 heavy (non-hydrogen) atoms. The Kier molecular flexibility index (Phi) is 7.28. The SMILES string of the molecule is CCc1cccc2c(/C=C3\SC(=O)N(Cc4ccccc4)C3=O)cn(CC(=O)NC3CCCCC3)c12. The predicted molar refractivity (Wildman–Crippen MR) is 144 cm³/mol. The lowest BCUT2D eigenvalue weighted by Crippen LogP contribution is -2.38. The molecule has 2 fully saturated rings. The van der Waals surface area contributed by atoms with Crippen LogP contribution in [0.4, 0.5) is 4.79 Å². The minimum atomic E-state index is -0.281. The molecule has 0 spiro atoms. The molecule has 3 amide bonds. The van der Waals surface area contributed by atoms with Crippen LogP contribution in [0, 0.1) is 0 Å². The number of thioether (sulfide) groups is 1. The van der Waals surface area contributed by atoms with E-state index in [2.05, 4.69) is 18.3 Å². The molecule has 1 saturated carbocycles. The Balaban J connectivity index is 1.43. The highest BCUT2D eigenvalue weighted by Gasteiger charge is 2.35. The highest BCUT2D eigenvalue weighted by molar-refractivity contribution is 8.18. The van der Waals surface area contributed by atoms with E-state index in [1.54, 1.807) is 6.08 Å². The van der Waals surface area contributed by atoms with Crippen molar-refractivity contribution in [3.8, 4) is 0 Å². The van der Waals surface area contributed by atoms with Crippen LogP contribution in [-0.2, 0) is 29.1 Å². The second kappa shape index (κ2) is 10.7. The highest BCUT2D eigenvalue weighted by Crippen LogP contribution is 2.35. The van der Waals surface area contributed by atoms with Gasteiger partial charge < -0.3 is 9.88 Å². The molecule has 3 aromatic rings. The molecule has 0 atom stereocenters. The summed E-state index contributed by atoms with van der Waals surface area (Å²) in [4.78, 5) is 40.4.